The number of benzene rings is 1. The molecular weight excluding hydrogens is 294 g/mol. The Morgan fingerprint density at radius 3 is 2.87 bits per heavy atom. The van der Waals surface area contributed by atoms with E-state index in [9.17, 15) is 10.2 Å². The average molecular weight is 313 g/mol. The second-order valence-electron chi connectivity index (χ2n) is 5.35. The highest BCUT2D eigenvalue weighted by Gasteiger charge is 2.18. The first-order valence-corrected chi connectivity index (χ1v) is 7.44. The highest BCUT2D eigenvalue weighted by atomic mass is 16.3. The molecule has 0 aliphatic carbocycles. The van der Waals surface area contributed by atoms with Gasteiger partial charge in [0.15, 0.2) is 5.65 Å². The van der Waals surface area contributed by atoms with Gasteiger partial charge in [-0.3, -0.25) is 4.68 Å². The van der Waals surface area contributed by atoms with Gasteiger partial charge in [-0.1, -0.05) is 12.1 Å². The second-order valence-corrected chi connectivity index (χ2v) is 5.35. The molecule has 0 radical (unpaired) electrons. The lowest BCUT2D eigenvalue weighted by Crippen LogP contribution is -2.29. The van der Waals surface area contributed by atoms with E-state index in [-0.39, 0.29) is 5.75 Å². The molecular formula is C16H19N5O2. The Balaban J connectivity index is 1.90. The molecule has 0 fully saturated rings. The van der Waals surface area contributed by atoms with Crippen LogP contribution in [0.1, 0.15) is 18.6 Å². The van der Waals surface area contributed by atoms with Crippen molar-refractivity contribution in [1.29, 1.82) is 0 Å². The summed E-state index contributed by atoms with van der Waals surface area (Å²) in [6, 6.07) is 6.65. The molecule has 0 unspecified atom stereocenters. The topological polar surface area (TPSA) is 87.3 Å². The third-order valence-electron chi connectivity index (χ3n) is 3.84. The molecule has 0 bridgehead atoms. The van der Waals surface area contributed by atoms with Crippen molar-refractivity contribution in [3.05, 3.63) is 42.4 Å². The maximum Gasteiger partial charge on any atom is 0.163 e. The van der Waals surface area contributed by atoms with Crippen molar-refractivity contribution >= 4 is 16.9 Å². The first-order chi connectivity index (χ1) is 11.1. The van der Waals surface area contributed by atoms with Crippen molar-refractivity contribution in [1.82, 2.24) is 19.7 Å². The van der Waals surface area contributed by atoms with Crippen LogP contribution in [0, 0.1) is 0 Å². The molecule has 0 aliphatic heterocycles. The van der Waals surface area contributed by atoms with Gasteiger partial charge in [0.25, 0.3) is 0 Å². The van der Waals surface area contributed by atoms with Crippen LogP contribution >= 0.6 is 0 Å². The van der Waals surface area contributed by atoms with E-state index in [1.165, 1.54) is 6.33 Å². The lowest BCUT2D eigenvalue weighted by Gasteiger charge is -2.25. The van der Waals surface area contributed by atoms with Crippen molar-refractivity contribution in [3.8, 4) is 5.75 Å². The Kier molecular flexibility index (Phi) is 4.12. The van der Waals surface area contributed by atoms with Crippen molar-refractivity contribution in [2.45, 2.75) is 13.0 Å². The summed E-state index contributed by atoms with van der Waals surface area (Å²) in [5.41, 5.74) is 1.42. The largest absolute Gasteiger partial charge is 0.508 e. The van der Waals surface area contributed by atoms with Gasteiger partial charge >= 0.3 is 0 Å². The summed E-state index contributed by atoms with van der Waals surface area (Å²) < 4.78 is 1.69. The van der Waals surface area contributed by atoms with E-state index in [0.717, 1.165) is 16.9 Å². The van der Waals surface area contributed by atoms with Gasteiger partial charge in [0.05, 0.1) is 17.7 Å². The highest BCUT2D eigenvalue weighted by Crippen LogP contribution is 2.25. The van der Waals surface area contributed by atoms with Crippen LogP contribution in [-0.4, -0.2) is 43.1 Å². The Hall–Kier alpha value is -2.67. The molecule has 0 spiro atoms. The van der Waals surface area contributed by atoms with Crippen LogP contribution in [0.2, 0.25) is 0 Å². The molecule has 7 nitrogen and oxygen atoms in total. The number of aryl methyl sites for hydroxylation is 1. The van der Waals surface area contributed by atoms with Crippen LogP contribution in [0.15, 0.2) is 36.8 Å². The van der Waals surface area contributed by atoms with Crippen molar-refractivity contribution in [2.24, 2.45) is 7.05 Å². The number of anilines is 1. The van der Waals surface area contributed by atoms with Crippen LogP contribution in [0.3, 0.4) is 0 Å². The van der Waals surface area contributed by atoms with Gasteiger partial charge in [0, 0.05) is 20.1 Å². The predicted octanol–water partition coefficient (Wildman–Crippen LogP) is 1.63. The number of hydrogen-bond donors (Lipinski definition) is 2. The Morgan fingerprint density at radius 2 is 2.13 bits per heavy atom. The van der Waals surface area contributed by atoms with Gasteiger partial charge < -0.3 is 15.1 Å². The Morgan fingerprint density at radius 1 is 1.30 bits per heavy atom. The quantitative estimate of drug-likeness (QED) is 0.744. The first kappa shape index (κ1) is 15.2. The van der Waals surface area contributed by atoms with Crippen LogP contribution in [-0.2, 0) is 7.05 Å². The zero-order valence-corrected chi connectivity index (χ0v) is 13.1. The minimum atomic E-state index is -0.733. The number of aliphatic hydroxyl groups is 1. The SMILES string of the molecule is CCN(C[C@H](O)c1cccc(O)c1)c1ncnc2c1cnn2C. The smallest absolute Gasteiger partial charge is 0.163 e. The zero-order valence-electron chi connectivity index (χ0n) is 13.1. The molecule has 0 saturated carbocycles. The maximum atomic E-state index is 10.5. The van der Waals surface area contributed by atoms with Crippen LogP contribution in [0.5, 0.6) is 5.75 Å². The van der Waals surface area contributed by atoms with E-state index in [2.05, 4.69) is 15.1 Å². The predicted molar refractivity (Wildman–Crippen MR) is 87.3 cm³/mol. The minimum Gasteiger partial charge on any atom is -0.508 e. The minimum absolute atomic E-state index is 0.140. The van der Waals surface area contributed by atoms with E-state index in [0.29, 0.717) is 18.7 Å². The molecule has 120 valence electrons. The van der Waals surface area contributed by atoms with Crippen molar-refractivity contribution in [2.75, 3.05) is 18.0 Å². The van der Waals surface area contributed by atoms with Gasteiger partial charge in [-0.2, -0.15) is 5.10 Å². The summed E-state index contributed by atoms with van der Waals surface area (Å²) in [4.78, 5) is 10.6. The van der Waals surface area contributed by atoms with E-state index >= 15 is 0 Å². The molecule has 2 heterocycles. The number of likely N-dealkylation sites (N-methyl/N-ethyl adjacent to an activating group) is 1. The van der Waals surface area contributed by atoms with Crippen molar-refractivity contribution < 1.29 is 10.2 Å². The van der Waals surface area contributed by atoms with Crippen LogP contribution in [0.4, 0.5) is 5.82 Å². The maximum absolute atomic E-state index is 10.5. The number of hydrogen-bond acceptors (Lipinski definition) is 6. The summed E-state index contributed by atoms with van der Waals surface area (Å²) in [5, 5.41) is 25.1. The third kappa shape index (κ3) is 2.95. The number of aromatic nitrogens is 4. The van der Waals surface area contributed by atoms with Gasteiger partial charge in [-0.25, -0.2) is 9.97 Å². The van der Waals surface area contributed by atoms with Gasteiger partial charge in [-0.15, -0.1) is 0 Å². The normalized spacial score (nSPS) is 12.5. The molecule has 0 saturated heterocycles. The fraction of sp³-hybridized carbons (Fsp3) is 0.312. The molecule has 1 atom stereocenters. The number of aromatic hydroxyl groups is 1. The van der Waals surface area contributed by atoms with Gasteiger partial charge in [0.2, 0.25) is 0 Å². The zero-order chi connectivity index (χ0) is 16.4. The molecule has 3 rings (SSSR count). The number of rotatable bonds is 5. The average Bonchev–Trinajstić information content (AvgIpc) is 2.94. The lowest BCUT2D eigenvalue weighted by molar-refractivity contribution is 0.183. The first-order valence-electron chi connectivity index (χ1n) is 7.44. The molecule has 3 aromatic rings. The van der Waals surface area contributed by atoms with Crippen LogP contribution in [0.25, 0.3) is 11.0 Å². The molecule has 2 N–H and O–H groups in total. The van der Waals surface area contributed by atoms with Crippen molar-refractivity contribution in [3.63, 3.8) is 0 Å². The third-order valence-corrected chi connectivity index (χ3v) is 3.84. The fourth-order valence-corrected chi connectivity index (χ4v) is 2.61. The molecule has 2 aromatic heterocycles. The molecule has 0 aliphatic rings. The van der Waals surface area contributed by atoms with E-state index in [1.54, 1.807) is 35.1 Å². The van der Waals surface area contributed by atoms with E-state index < -0.39 is 6.10 Å². The molecule has 0 amide bonds. The molecule has 23 heavy (non-hydrogen) atoms. The Bertz CT molecular complexity index is 817. The van der Waals surface area contributed by atoms with Gasteiger partial charge in [0.1, 0.15) is 17.9 Å². The standard InChI is InChI=1S/C16H19N5O2/c1-3-21(9-14(23)11-5-4-6-12(22)7-11)16-13-8-19-20(2)15(13)17-10-18-16/h4-8,10,14,22-23H,3,9H2,1-2H3/t14-/m0/s1. The number of aliphatic hydroxyl groups excluding tert-OH is 1. The van der Waals surface area contributed by atoms with E-state index in [1.807, 2.05) is 18.9 Å². The van der Waals surface area contributed by atoms with E-state index in [4.69, 9.17) is 0 Å². The summed E-state index contributed by atoms with van der Waals surface area (Å²) >= 11 is 0. The molecule has 7 heteroatoms. The number of nitrogens with zero attached hydrogens (tertiary/aromatic N) is 5. The second kappa shape index (κ2) is 6.21. The summed E-state index contributed by atoms with van der Waals surface area (Å²) in [6.45, 7) is 3.04. The summed E-state index contributed by atoms with van der Waals surface area (Å²) in [6.07, 6.45) is 2.50. The highest BCUT2D eigenvalue weighted by molar-refractivity contribution is 5.86. The van der Waals surface area contributed by atoms with Crippen LogP contribution < -0.4 is 4.90 Å². The lowest BCUT2D eigenvalue weighted by atomic mass is 10.1. The van der Waals surface area contributed by atoms with Gasteiger partial charge in [-0.05, 0) is 24.6 Å². The summed E-state index contributed by atoms with van der Waals surface area (Å²) in [5.74, 6) is 0.881. The Labute approximate surface area is 133 Å². The number of fused-ring (bicyclic) bond motifs is 1. The fourth-order valence-electron chi connectivity index (χ4n) is 2.61. The number of phenols is 1. The summed E-state index contributed by atoms with van der Waals surface area (Å²) in [7, 11) is 1.83. The molecule has 1 aromatic carbocycles. The number of phenolic OH excluding ortho intramolecular Hbond substituents is 1. The monoisotopic (exact) mass is 313 g/mol.